The molecule has 1 aliphatic heterocycles. The van der Waals surface area contributed by atoms with E-state index in [1.165, 1.54) is 0 Å². The van der Waals surface area contributed by atoms with Crippen molar-refractivity contribution in [3.05, 3.63) is 34.3 Å². The van der Waals surface area contributed by atoms with Crippen molar-refractivity contribution in [2.24, 2.45) is 10.7 Å². The van der Waals surface area contributed by atoms with Gasteiger partial charge in [0, 0.05) is 17.6 Å². The first-order valence-corrected chi connectivity index (χ1v) is 6.93. The maximum atomic E-state index is 5.80. The molecule has 98 valence electrons. The molecule has 1 atom stereocenters. The van der Waals surface area contributed by atoms with E-state index in [4.69, 9.17) is 10.5 Å². The van der Waals surface area contributed by atoms with Gasteiger partial charge in [0.25, 0.3) is 0 Å². The van der Waals surface area contributed by atoms with Gasteiger partial charge in [0.1, 0.15) is 0 Å². The van der Waals surface area contributed by atoms with Crippen molar-refractivity contribution >= 4 is 21.9 Å². The second kappa shape index (κ2) is 6.75. The monoisotopic (exact) mass is 311 g/mol. The molecule has 0 spiro atoms. The van der Waals surface area contributed by atoms with Gasteiger partial charge in [-0.1, -0.05) is 28.1 Å². The molecule has 1 aliphatic rings. The van der Waals surface area contributed by atoms with Crippen LogP contribution in [0.5, 0.6) is 0 Å². The molecule has 4 nitrogen and oxygen atoms in total. The first kappa shape index (κ1) is 13.4. The van der Waals surface area contributed by atoms with Crippen LogP contribution in [-0.2, 0) is 11.3 Å². The number of benzene rings is 1. The molecule has 3 N–H and O–H groups in total. The van der Waals surface area contributed by atoms with Gasteiger partial charge in [-0.3, -0.25) is 0 Å². The van der Waals surface area contributed by atoms with E-state index in [0.29, 0.717) is 12.5 Å². The van der Waals surface area contributed by atoms with Crippen molar-refractivity contribution < 1.29 is 4.74 Å². The molecule has 1 aromatic rings. The lowest BCUT2D eigenvalue weighted by Crippen LogP contribution is -2.37. The van der Waals surface area contributed by atoms with Crippen LogP contribution in [0.15, 0.2) is 33.7 Å². The molecular weight excluding hydrogens is 294 g/mol. The van der Waals surface area contributed by atoms with Crippen LogP contribution in [-0.4, -0.2) is 25.2 Å². The number of hydrogen-bond acceptors (Lipinski definition) is 2. The van der Waals surface area contributed by atoms with Gasteiger partial charge in [-0.15, -0.1) is 0 Å². The molecule has 1 fully saturated rings. The summed E-state index contributed by atoms with van der Waals surface area (Å²) in [6.45, 7) is 2.20. The fourth-order valence-corrected chi connectivity index (χ4v) is 2.11. The minimum Gasteiger partial charge on any atom is -0.376 e. The molecule has 1 heterocycles. The summed E-state index contributed by atoms with van der Waals surface area (Å²) in [5.74, 6) is 0.480. The Labute approximate surface area is 116 Å². The number of rotatable bonds is 4. The number of halogens is 1. The predicted octanol–water partition coefficient (Wildman–Crippen LogP) is 2.03. The smallest absolute Gasteiger partial charge is 0.189 e. The van der Waals surface area contributed by atoms with Crippen LogP contribution in [0.3, 0.4) is 0 Å². The summed E-state index contributed by atoms with van der Waals surface area (Å²) in [5.41, 5.74) is 6.94. The van der Waals surface area contributed by atoms with E-state index < -0.39 is 0 Å². The SMILES string of the molecule is NC(=NCc1ccc(Br)cc1)NCC1CCCO1. The Bertz CT molecular complexity index is 399. The minimum atomic E-state index is 0.284. The Morgan fingerprint density at radius 3 is 2.89 bits per heavy atom. The second-order valence-corrected chi connectivity index (χ2v) is 5.26. The average Bonchev–Trinajstić information content (AvgIpc) is 2.89. The molecule has 18 heavy (non-hydrogen) atoms. The summed E-state index contributed by atoms with van der Waals surface area (Å²) >= 11 is 3.40. The van der Waals surface area contributed by atoms with Crippen LogP contribution in [0.25, 0.3) is 0 Å². The third-order valence-electron chi connectivity index (χ3n) is 2.88. The van der Waals surface area contributed by atoms with Crippen molar-refractivity contribution in [1.29, 1.82) is 0 Å². The van der Waals surface area contributed by atoms with Gasteiger partial charge in [0.15, 0.2) is 5.96 Å². The maximum absolute atomic E-state index is 5.80. The normalized spacial score (nSPS) is 20.1. The van der Waals surface area contributed by atoms with Gasteiger partial charge in [-0.25, -0.2) is 4.99 Å². The summed E-state index contributed by atoms with van der Waals surface area (Å²) in [5, 5.41) is 3.10. The number of nitrogens with zero attached hydrogens (tertiary/aromatic N) is 1. The van der Waals surface area contributed by atoms with E-state index in [2.05, 4.69) is 26.2 Å². The third-order valence-corrected chi connectivity index (χ3v) is 3.41. The lowest BCUT2D eigenvalue weighted by molar-refractivity contribution is 0.114. The highest BCUT2D eigenvalue weighted by Gasteiger charge is 2.14. The van der Waals surface area contributed by atoms with Crippen LogP contribution < -0.4 is 11.1 Å². The largest absolute Gasteiger partial charge is 0.376 e. The van der Waals surface area contributed by atoms with Crippen LogP contribution in [0.2, 0.25) is 0 Å². The number of aliphatic imine (C=N–C) groups is 1. The van der Waals surface area contributed by atoms with Gasteiger partial charge < -0.3 is 15.8 Å². The summed E-state index contributed by atoms with van der Waals surface area (Å²) in [6, 6.07) is 8.06. The van der Waals surface area contributed by atoms with Gasteiger partial charge in [-0.2, -0.15) is 0 Å². The summed E-state index contributed by atoms with van der Waals surface area (Å²) in [7, 11) is 0. The van der Waals surface area contributed by atoms with E-state index in [0.717, 1.165) is 36.0 Å². The molecular formula is C13H18BrN3O. The summed E-state index contributed by atoms with van der Waals surface area (Å²) in [4.78, 5) is 4.30. The lowest BCUT2D eigenvalue weighted by Gasteiger charge is -2.11. The minimum absolute atomic E-state index is 0.284. The molecule has 0 amide bonds. The van der Waals surface area contributed by atoms with Gasteiger partial charge in [0.05, 0.1) is 12.6 Å². The van der Waals surface area contributed by atoms with Crippen molar-refractivity contribution in [3.8, 4) is 0 Å². The van der Waals surface area contributed by atoms with Crippen molar-refractivity contribution in [3.63, 3.8) is 0 Å². The molecule has 0 radical (unpaired) electrons. The zero-order chi connectivity index (χ0) is 12.8. The molecule has 0 saturated carbocycles. The molecule has 0 bridgehead atoms. The van der Waals surface area contributed by atoms with Crippen LogP contribution in [0, 0.1) is 0 Å². The van der Waals surface area contributed by atoms with Crippen LogP contribution in [0.1, 0.15) is 18.4 Å². The second-order valence-electron chi connectivity index (χ2n) is 4.34. The maximum Gasteiger partial charge on any atom is 0.189 e. The average molecular weight is 312 g/mol. The number of hydrogen-bond donors (Lipinski definition) is 2. The Kier molecular flexibility index (Phi) is 5.01. The standard InChI is InChI=1S/C13H18BrN3O/c14-11-5-3-10(4-6-11)8-16-13(15)17-9-12-2-1-7-18-12/h3-6,12H,1-2,7-9H2,(H3,15,16,17). The van der Waals surface area contributed by atoms with Gasteiger partial charge in [-0.05, 0) is 30.5 Å². The lowest BCUT2D eigenvalue weighted by atomic mass is 10.2. The van der Waals surface area contributed by atoms with Gasteiger partial charge >= 0.3 is 0 Å². The number of nitrogens with one attached hydrogen (secondary N) is 1. The first-order valence-electron chi connectivity index (χ1n) is 6.14. The van der Waals surface area contributed by atoms with Crippen molar-refractivity contribution in [1.82, 2.24) is 5.32 Å². The fraction of sp³-hybridized carbons (Fsp3) is 0.462. The Balaban J connectivity index is 1.75. The summed E-state index contributed by atoms with van der Waals surface area (Å²) in [6.07, 6.45) is 2.53. The summed E-state index contributed by atoms with van der Waals surface area (Å²) < 4.78 is 6.57. The molecule has 0 aliphatic carbocycles. The molecule has 1 saturated heterocycles. The highest BCUT2D eigenvalue weighted by molar-refractivity contribution is 9.10. The predicted molar refractivity (Wildman–Crippen MR) is 76.4 cm³/mol. The first-order chi connectivity index (χ1) is 8.74. The van der Waals surface area contributed by atoms with Gasteiger partial charge in [0.2, 0.25) is 0 Å². The van der Waals surface area contributed by atoms with Crippen molar-refractivity contribution in [2.75, 3.05) is 13.2 Å². The topological polar surface area (TPSA) is 59.6 Å². The van der Waals surface area contributed by atoms with E-state index in [9.17, 15) is 0 Å². The number of guanidine groups is 1. The molecule has 5 heteroatoms. The number of ether oxygens (including phenoxy) is 1. The van der Waals surface area contributed by atoms with Crippen molar-refractivity contribution in [2.45, 2.75) is 25.5 Å². The molecule has 0 aromatic heterocycles. The quantitative estimate of drug-likeness (QED) is 0.661. The van der Waals surface area contributed by atoms with E-state index in [1.54, 1.807) is 0 Å². The van der Waals surface area contributed by atoms with E-state index in [-0.39, 0.29) is 6.10 Å². The number of nitrogens with two attached hydrogens (primary N) is 1. The highest BCUT2D eigenvalue weighted by atomic mass is 79.9. The molecule has 1 unspecified atom stereocenters. The van der Waals surface area contributed by atoms with Crippen LogP contribution >= 0.6 is 15.9 Å². The van der Waals surface area contributed by atoms with E-state index >= 15 is 0 Å². The zero-order valence-electron chi connectivity index (χ0n) is 10.2. The highest BCUT2D eigenvalue weighted by Crippen LogP contribution is 2.11. The van der Waals surface area contributed by atoms with Crippen LogP contribution in [0.4, 0.5) is 0 Å². The third kappa shape index (κ3) is 4.31. The Morgan fingerprint density at radius 1 is 1.44 bits per heavy atom. The Hall–Kier alpha value is -1.07. The molecule has 1 aromatic carbocycles. The molecule has 2 rings (SSSR count). The Morgan fingerprint density at radius 2 is 2.22 bits per heavy atom. The zero-order valence-corrected chi connectivity index (χ0v) is 11.8. The van der Waals surface area contributed by atoms with E-state index in [1.807, 2.05) is 24.3 Å². The fourth-order valence-electron chi connectivity index (χ4n) is 1.85.